The van der Waals surface area contributed by atoms with Crippen LogP contribution in [-0.4, -0.2) is 57.5 Å². The van der Waals surface area contributed by atoms with E-state index in [1.54, 1.807) is 6.07 Å². The van der Waals surface area contributed by atoms with E-state index in [1.165, 1.54) is 6.07 Å². The molecule has 0 saturated carbocycles. The first-order valence-electron chi connectivity index (χ1n) is 9.20. The molecule has 0 spiro atoms. The van der Waals surface area contributed by atoms with Crippen molar-refractivity contribution in [2.45, 2.75) is 51.5 Å². The number of fused-ring (bicyclic) bond motifs is 1. The van der Waals surface area contributed by atoms with Gasteiger partial charge in [-0.1, -0.05) is 6.92 Å². The molecule has 2 atom stereocenters. The summed E-state index contributed by atoms with van der Waals surface area (Å²) in [5.74, 6) is 0.797. The number of hydrogen-bond acceptors (Lipinski definition) is 4. The number of amides is 2. The van der Waals surface area contributed by atoms with Gasteiger partial charge in [0.05, 0.1) is 5.69 Å². The second-order valence-corrected chi connectivity index (χ2v) is 6.99. The number of aromatic amines is 1. The molecule has 136 valence electrons. The zero-order valence-corrected chi connectivity index (χ0v) is 14.7. The number of aromatic nitrogens is 2. The Morgan fingerprint density at radius 2 is 2.16 bits per heavy atom. The van der Waals surface area contributed by atoms with E-state index in [9.17, 15) is 14.4 Å². The first-order valence-corrected chi connectivity index (χ1v) is 9.20. The maximum atomic E-state index is 12.5. The summed E-state index contributed by atoms with van der Waals surface area (Å²) in [5, 5.41) is 6.34. The smallest absolute Gasteiger partial charge is 0.264 e. The van der Waals surface area contributed by atoms with E-state index in [-0.39, 0.29) is 17.4 Å². The summed E-state index contributed by atoms with van der Waals surface area (Å²) < 4.78 is 0. The fourth-order valence-electron chi connectivity index (χ4n) is 4.01. The third-order valence-corrected chi connectivity index (χ3v) is 5.29. The van der Waals surface area contributed by atoms with Gasteiger partial charge in [-0.15, -0.1) is 0 Å². The number of likely N-dealkylation sites (tertiary alicyclic amines) is 2. The van der Waals surface area contributed by atoms with Gasteiger partial charge >= 0.3 is 0 Å². The van der Waals surface area contributed by atoms with Crippen molar-refractivity contribution in [3.8, 4) is 0 Å². The van der Waals surface area contributed by atoms with Crippen molar-refractivity contribution in [2.75, 3.05) is 19.6 Å². The number of H-pyrrole nitrogens is 1. The van der Waals surface area contributed by atoms with E-state index in [2.05, 4.69) is 17.1 Å². The van der Waals surface area contributed by atoms with Crippen molar-refractivity contribution in [2.24, 2.45) is 5.92 Å². The number of carbonyl (C=O) groups is 2. The third-order valence-electron chi connectivity index (χ3n) is 5.29. The molecule has 0 aliphatic carbocycles. The fourth-order valence-corrected chi connectivity index (χ4v) is 4.01. The van der Waals surface area contributed by atoms with Crippen LogP contribution in [0.2, 0.25) is 0 Å². The first-order chi connectivity index (χ1) is 12.1. The van der Waals surface area contributed by atoms with Gasteiger partial charge < -0.3 is 9.80 Å². The molecule has 7 heteroatoms. The quantitative estimate of drug-likeness (QED) is 0.860. The fraction of sp³-hybridized carbons (Fsp3) is 0.667. The normalized spacial score (nSPS) is 23.5. The highest BCUT2D eigenvalue weighted by molar-refractivity contribution is 5.78. The summed E-state index contributed by atoms with van der Waals surface area (Å²) in [4.78, 5) is 39.7. The predicted molar refractivity (Wildman–Crippen MR) is 92.9 cm³/mol. The van der Waals surface area contributed by atoms with Crippen LogP contribution < -0.4 is 5.56 Å². The molecule has 25 heavy (non-hydrogen) atoms. The standard InChI is InChI=1S/C18H26N4O3/c1-2-10-22-15-9-11-21(12-13(15)3-7-18(22)25)17(24)8-5-14-4-6-16(23)20-19-14/h4,6,13,15H,2-3,5,7-12H2,1H3,(H,20,23)/t13-,15+/m0/s1. The molecule has 1 aromatic rings. The van der Waals surface area contributed by atoms with Crippen LogP contribution in [0, 0.1) is 5.92 Å². The van der Waals surface area contributed by atoms with E-state index in [0.29, 0.717) is 37.8 Å². The molecular weight excluding hydrogens is 320 g/mol. The lowest BCUT2D eigenvalue weighted by atomic mass is 9.83. The van der Waals surface area contributed by atoms with Gasteiger partial charge in [0.2, 0.25) is 11.8 Å². The molecule has 2 aliphatic heterocycles. The Balaban J connectivity index is 1.55. The number of hydrogen-bond donors (Lipinski definition) is 1. The van der Waals surface area contributed by atoms with E-state index >= 15 is 0 Å². The van der Waals surface area contributed by atoms with Crippen LogP contribution in [0.25, 0.3) is 0 Å². The summed E-state index contributed by atoms with van der Waals surface area (Å²) in [5.41, 5.74) is 0.487. The minimum Gasteiger partial charge on any atom is -0.342 e. The van der Waals surface area contributed by atoms with E-state index in [4.69, 9.17) is 0 Å². The largest absolute Gasteiger partial charge is 0.342 e. The van der Waals surface area contributed by atoms with Crippen LogP contribution in [0.15, 0.2) is 16.9 Å². The highest BCUT2D eigenvalue weighted by atomic mass is 16.2. The molecule has 2 aliphatic rings. The summed E-state index contributed by atoms with van der Waals surface area (Å²) >= 11 is 0. The molecular formula is C18H26N4O3. The maximum Gasteiger partial charge on any atom is 0.264 e. The first kappa shape index (κ1) is 17.6. The zero-order valence-electron chi connectivity index (χ0n) is 14.7. The van der Waals surface area contributed by atoms with Crippen molar-refractivity contribution >= 4 is 11.8 Å². The number of piperidine rings is 2. The van der Waals surface area contributed by atoms with Gasteiger partial charge in [-0.25, -0.2) is 5.10 Å². The Hall–Kier alpha value is -2.18. The van der Waals surface area contributed by atoms with Crippen LogP contribution in [-0.2, 0) is 16.0 Å². The van der Waals surface area contributed by atoms with Crippen molar-refractivity contribution in [3.05, 3.63) is 28.2 Å². The van der Waals surface area contributed by atoms with Crippen LogP contribution in [0.3, 0.4) is 0 Å². The van der Waals surface area contributed by atoms with Crippen molar-refractivity contribution in [3.63, 3.8) is 0 Å². The second-order valence-electron chi connectivity index (χ2n) is 6.99. The van der Waals surface area contributed by atoms with Gasteiger partial charge in [-0.2, -0.15) is 5.10 Å². The molecule has 3 heterocycles. The molecule has 3 rings (SSSR count). The topological polar surface area (TPSA) is 86.4 Å². The Kier molecular flexibility index (Phi) is 5.50. The van der Waals surface area contributed by atoms with Gasteiger partial charge in [0.1, 0.15) is 0 Å². The van der Waals surface area contributed by atoms with Crippen LogP contribution >= 0.6 is 0 Å². The molecule has 7 nitrogen and oxygen atoms in total. The Labute approximate surface area is 147 Å². The van der Waals surface area contributed by atoms with E-state index in [1.807, 2.05) is 9.80 Å². The SMILES string of the molecule is CCCN1C(=O)CC[C@H]2CN(C(=O)CCc3ccc(=O)[nH]n3)CC[C@H]21. The van der Waals surface area contributed by atoms with Gasteiger partial charge in [-0.3, -0.25) is 14.4 Å². The lowest BCUT2D eigenvalue weighted by molar-refractivity contribution is -0.144. The highest BCUT2D eigenvalue weighted by Crippen LogP contribution is 2.31. The van der Waals surface area contributed by atoms with Crippen LogP contribution in [0.5, 0.6) is 0 Å². The minimum atomic E-state index is -0.236. The van der Waals surface area contributed by atoms with Gasteiger partial charge in [0.25, 0.3) is 5.56 Å². The van der Waals surface area contributed by atoms with Crippen molar-refractivity contribution in [1.82, 2.24) is 20.0 Å². The molecule has 1 N–H and O–H groups in total. The van der Waals surface area contributed by atoms with E-state index in [0.717, 1.165) is 38.0 Å². The monoisotopic (exact) mass is 346 g/mol. The molecule has 2 amide bonds. The third kappa shape index (κ3) is 4.08. The molecule has 0 unspecified atom stereocenters. The average Bonchev–Trinajstić information content (AvgIpc) is 2.63. The van der Waals surface area contributed by atoms with Crippen molar-refractivity contribution in [1.29, 1.82) is 0 Å². The number of rotatable bonds is 5. The Morgan fingerprint density at radius 3 is 2.88 bits per heavy atom. The maximum absolute atomic E-state index is 12.5. The summed E-state index contributed by atoms with van der Waals surface area (Å²) in [7, 11) is 0. The number of nitrogens with zero attached hydrogens (tertiary/aromatic N) is 3. The molecule has 2 saturated heterocycles. The van der Waals surface area contributed by atoms with Gasteiger partial charge in [0, 0.05) is 51.0 Å². The highest BCUT2D eigenvalue weighted by Gasteiger charge is 2.39. The molecule has 2 fully saturated rings. The molecule has 0 radical (unpaired) electrons. The van der Waals surface area contributed by atoms with E-state index < -0.39 is 0 Å². The van der Waals surface area contributed by atoms with Crippen LogP contribution in [0.1, 0.15) is 44.7 Å². The molecule has 0 aromatic carbocycles. The van der Waals surface area contributed by atoms with Gasteiger partial charge in [0.15, 0.2) is 0 Å². The Morgan fingerprint density at radius 1 is 1.32 bits per heavy atom. The summed E-state index contributed by atoms with van der Waals surface area (Å²) in [6, 6.07) is 3.39. The number of aryl methyl sites for hydroxylation is 1. The lowest BCUT2D eigenvalue weighted by Gasteiger charge is -2.47. The molecule has 1 aromatic heterocycles. The summed E-state index contributed by atoms with van der Waals surface area (Å²) in [6.45, 7) is 4.38. The molecule has 0 bridgehead atoms. The minimum absolute atomic E-state index is 0.130. The second kappa shape index (κ2) is 7.80. The Bertz CT molecular complexity index is 667. The zero-order chi connectivity index (χ0) is 17.8. The summed E-state index contributed by atoms with van der Waals surface area (Å²) in [6.07, 6.45) is 4.26. The lowest BCUT2D eigenvalue weighted by Crippen LogP contribution is -2.57. The van der Waals surface area contributed by atoms with Crippen molar-refractivity contribution < 1.29 is 9.59 Å². The van der Waals surface area contributed by atoms with Gasteiger partial charge in [-0.05, 0) is 31.2 Å². The predicted octanol–water partition coefficient (Wildman–Crippen LogP) is 0.952. The van der Waals surface area contributed by atoms with Crippen LogP contribution in [0.4, 0.5) is 0 Å². The number of carbonyl (C=O) groups excluding carboxylic acids is 2. The number of nitrogens with one attached hydrogen (secondary N) is 1. The average molecular weight is 346 g/mol.